The van der Waals surface area contributed by atoms with Crippen LogP contribution in [0.15, 0.2) is 35.0 Å². The summed E-state index contributed by atoms with van der Waals surface area (Å²) in [5, 5.41) is 7.13. The van der Waals surface area contributed by atoms with E-state index in [1.807, 2.05) is 19.5 Å². The Kier molecular flexibility index (Phi) is 6.97. The van der Waals surface area contributed by atoms with Crippen LogP contribution in [0.4, 0.5) is 8.78 Å². The molecule has 0 bridgehead atoms. The van der Waals surface area contributed by atoms with Gasteiger partial charge in [-0.3, -0.25) is 9.59 Å². The molecule has 1 aliphatic heterocycles. The van der Waals surface area contributed by atoms with E-state index >= 15 is 0 Å². The number of piperidine rings is 1. The first kappa shape index (κ1) is 21.4. The van der Waals surface area contributed by atoms with Gasteiger partial charge in [-0.05, 0) is 61.5 Å². The summed E-state index contributed by atoms with van der Waals surface area (Å²) in [4.78, 5) is 28.7. The highest BCUT2D eigenvalue weighted by molar-refractivity contribution is 7.07. The molecule has 29 heavy (non-hydrogen) atoms. The number of carbonyl (C=O) groups is 2. The number of thiophene rings is 1. The van der Waals surface area contributed by atoms with Gasteiger partial charge >= 0.3 is 0 Å². The molecule has 1 aromatic heterocycles. The second kappa shape index (κ2) is 9.45. The Morgan fingerprint density at radius 3 is 2.55 bits per heavy atom. The molecule has 1 saturated heterocycles. The monoisotopic (exact) mass is 421 g/mol. The van der Waals surface area contributed by atoms with Gasteiger partial charge in [-0.15, -0.1) is 0 Å². The van der Waals surface area contributed by atoms with Gasteiger partial charge in [-0.2, -0.15) is 11.3 Å². The minimum Gasteiger partial charge on any atom is -0.354 e. The third-order valence-corrected chi connectivity index (χ3v) is 6.04. The molecule has 2 heterocycles. The van der Waals surface area contributed by atoms with Crippen LogP contribution in [0.2, 0.25) is 0 Å². The standard InChI is InChI=1S/C21H25F2N3O2S/c1-25(2)19(15-7-10-29-13-15)12-24-20(27)14-5-8-26(9-6-14)21(28)17-4-3-16(22)11-18(17)23/h3-4,7,10-11,13-14,19H,5-6,8-9,12H2,1-2H3,(H,24,27). The molecule has 1 N–H and O–H groups in total. The van der Waals surface area contributed by atoms with Crippen molar-refractivity contribution in [2.24, 2.45) is 5.92 Å². The van der Waals surface area contributed by atoms with Crippen LogP contribution >= 0.6 is 11.3 Å². The average molecular weight is 422 g/mol. The normalized spacial score (nSPS) is 16.1. The molecule has 1 atom stereocenters. The number of likely N-dealkylation sites (N-methyl/N-ethyl adjacent to an activating group) is 1. The van der Waals surface area contributed by atoms with E-state index in [-0.39, 0.29) is 23.4 Å². The number of halogens is 2. The first-order chi connectivity index (χ1) is 13.9. The van der Waals surface area contributed by atoms with Gasteiger partial charge in [0.25, 0.3) is 5.91 Å². The molecular weight excluding hydrogens is 396 g/mol. The summed E-state index contributed by atoms with van der Waals surface area (Å²) in [6.07, 6.45) is 1.04. The van der Waals surface area contributed by atoms with E-state index in [2.05, 4.69) is 21.7 Å². The number of nitrogens with one attached hydrogen (secondary N) is 1. The minimum absolute atomic E-state index is 0.0212. The van der Waals surface area contributed by atoms with E-state index in [0.717, 1.165) is 12.1 Å². The number of nitrogens with zero attached hydrogens (tertiary/aromatic N) is 2. The number of rotatable bonds is 6. The minimum atomic E-state index is -0.863. The summed E-state index contributed by atoms with van der Waals surface area (Å²) in [6, 6.07) is 5.11. The largest absolute Gasteiger partial charge is 0.354 e. The zero-order valence-corrected chi connectivity index (χ0v) is 17.3. The Balaban J connectivity index is 1.52. The van der Waals surface area contributed by atoms with Gasteiger partial charge in [0, 0.05) is 31.6 Å². The van der Waals surface area contributed by atoms with Crippen molar-refractivity contribution in [1.82, 2.24) is 15.1 Å². The maximum atomic E-state index is 13.9. The number of likely N-dealkylation sites (tertiary alicyclic amines) is 1. The maximum Gasteiger partial charge on any atom is 0.256 e. The Hall–Kier alpha value is -2.32. The second-order valence-electron chi connectivity index (χ2n) is 7.47. The van der Waals surface area contributed by atoms with Crippen molar-refractivity contribution >= 4 is 23.2 Å². The Bertz CT molecular complexity index is 850. The molecule has 0 aliphatic carbocycles. The SMILES string of the molecule is CN(C)C(CNC(=O)C1CCN(C(=O)c2ccc(F)cc2F)CC1)c1ccsc1. The molecule has 0 spiro atoms. The lowest BCUT2D eigenvalue weighted by molar-refractivity contribution is -0.126. The van der Waals surface area contributed by atoms with Gasteiger partial charge < -0.3 is 15.1 Å². The zero-order valence-electron chi connectivity index (χ0n) is 16.5. The van der Waals surface area contributed by atoms with Crippen LogP contribution in [0.25, 0.3) is 0 Å². The van der Waals surface area contributed by atoms with Crippen molar-refractivity contribution < 1.29 is 18.4 Å². The molecule has 0 radical (unpaired) electrons. The van der Waals surface area contributed by atoms with Crippen molar-refractivity contribution in [3.8, 4) is 0 Å². The first-order valence-corrected chi connectivity index (χ1v) is 10.5. The molecule has 3 rings (SSSR count). The number of carbonyl (C=O) groups excluding carboxylic acids is 2. The fourth-order valence-electron chi connectivity index (χ4n) is 3.58. The van der Waals surface area contributed by atoms with Gasteiger partial charge in [0.2, 0.25) is 5.91 Å². The van der Waals surface area contributed by atoms with Crippen LogP contribution < -0.4 is 5.32 Å². The molecule has 1 aliphatic rings. The van der Waals surface area contributed by atoms with Crippen molar-refractivity contribution in [1.29, 1.82) is 0 Å². The summed E-state index contributed by atoms with van der Waals surface area (Å²) >= 11 is 1.63. The van der Waals surface area contributed by atoms with E-state index in [1.165, 1.54) is 10.5 Å². The predicted octanol–water partition coefficient (Wildman–Crippen LogP) is 3.30. The first-order valence-electron chi connectivity index (χ1n) is 9.57. The summed E-state index contributed by atoms with van der Waals surface area (Å²) in [5.74, 6) is -2.24. The summed E-state index contributed by atoms with van der Waals surface area (Å²) in [5.41, 5.74) is 1.03. The van der Waals surface area contributed by atoms with Gasteiger partial charge in [0.1, 0.15) is 11.6 Å². The third kappa shape index (κ3) is 5.19. The number of amides is 2. The fraction of sp³-hybridized carbons (Fsp3) is 0.429. The van der Waals surface area contributed by atoms with E-state index in [4.69, 9.17) is 0 Å². The van der Waals surface area contributed by atoms with Crippen molar-refractivity contribution in [2.45, 2.75) is 18.9 Å². The Labute approximate surface area is 173 Å². The highest BCUT2D eigenvalue weighted by atomic mass is 32.1. The van der Waals surface area contributed by atoms with Crippen LogP contribution in [-0.2, 0) is 4.79 Å². The van der Waals surface area contributed by atoms with Crippen LogP contribution in [0.1, 0.15) is 34.8 Å². The molecule has 0 saturated carbocycles. The smallest absolute Gasteiger partial charge is 0.256 e. The Morgan fingerprint density at radius 1 is 1.24 bits per heavy atom. The second-order valence-corrected chi connectivity index (χ2v) is 8.25. The van der Waals surface area contributed by atoms with Crippen molar-refractivity contribution in [3.05, 3.63) is 57.8 Å². The molecule has 1 unspecified atom stereocenters. The molecule has 8 heteroatoms. The van der Waals surface area contributed by atoms with E-state index in [9.17, 15) is 18.4 Å². The Morgan fingerprint density at radius 2 is 1.97 bits per heavy atom. The highest BCUT2D eigenvalue weighted by Crippen LogP contribution is 2.23. The van der Waals surface area contributed by atoms with Gasteiger partial charge in [0.15, 0.2) is 0 Å². The van der Waals surface area contributed by atoms with Crippen LogP contribution in [0, 0.1) is 17.6 Å². The number of hydrogen-bond donors (Lipinski definition) is 1. The van der Waals surface area contributed by atoms with Gasteiger partial charge in [-0.1, -0.05) is 0 Å². The van der Waals surface area contributed by atoms with Gasteiger partial charge in [-0.25, -0.2) is 8.78 Å². The van der Waals surface area contributed by atoms with Crippen LogP contribution in [-0.4, -0.2) is 55.3 Å². The zero-order chi connectivity index (χ0) is 21.0. The van der Waals surface area contributed by atoms with E-state index < -0.39 is 17.5 Å². The number of benzene rings is 1. The van der Waals surface area contributed by atoms with Crippen molar-refractivity contribution in [3.63, 3.8) is 0 Å². The summed E-state index contributed by atoms with van der Waals surface area (Å²) in [7, 11) is 3.96. The van der Waals surface area contributed by atoms with Gasteiger partial charge in [0.05, 0.1) is 11.6 Å². The third-order valence-electron chi connectivity index (χ3n) is 5.34. The van der Waals surface area contributed by atoms with E-state index in [0.29, 0.717) is 38.5 Å². The molecule has 1 fully saturated rings. The molecule has 2 aromatic rings. The highest BCUT2D eigenvalue weighted by Gasteiger charge is 2.29. The molecule has 156 valence electrons. The lowest BCUT2D eigenvalue weighted by Crippen LogP contribution is -2.44. The summed E-state index contributed by atoms with van der Waals surface area (Å²) < 4.78 is 26.9. The van der Waals surface area contributed by atoms with Crippen LogP contribution in [0.5, 0.6) is 0 Å². The molecule has 1 aromatic carbocycles. The average Bonchev–Trinajstić information content (AvgIpc) is 3.22. The summed E-state index contributed by atoms with van der Waals surface area (Å²) in [6.45, 7) is 1.26. The molecular formula is C21H25F2N3O2S. The lowest BCUT2D eigenvalue weighted by atomic mass is 9.95. The molecule has 5 nitrogen and oxygen atoms in total. The fourth-order valence-corrected chi connectivity index (χ4v) is 4.29. The predicted molar refractivity (Wildman–Crippen MR) is 109 cm³/mol. The van der Waals surface area contributed by atoms with Crippen molar-refractivity contribution in [2.75, 3.05) is 33.7 Å². The number of hydrogen-bond acceptors (Lipinski definition) is 4. The topological polar surface area (TPSA) is 52.7 Å². The molecule has 2 amide bonds. The van der Waals surface area contributed by atoms with E-state index in [1.54, 1.807) is 11.3 Å². The lowest BCUT2D eigenvalue weighted by Gasteiger charge is -2.32. The van der Waals surface area contributed by atoms with Crippen LogP contribution in [0.3, 0.4) is 0 Å². The quantitative estimate of drug-likeness (QED) is 0.779. The maximum absolute atomic E-state index is 13.9.